The number of aryl methyl sites for hydroxylation is 2. The Morgan fingerprint density at radius 2 is 2.19 bits per heavy atom. The number of aromatic nitrogens is 3. The third kappa shape index (κ3) is 2.05. The minimum atomic E-state index is 0.825. The SMILES string of the molecule is CNc1nc(C)cn1Cc1ccncc1C. The van der Waals surface area contributed by atoms with Crippen molar-refractivity contribution in [1.29, 1.82) is 0 Å². The van der Waals surface area contributed by atoms with Crippen LogP contribution < -0.4 is 5.32 Å². The van der Waals surface area contributed by atoms with Crippen molar-refractivity contribution in [3.8, 4) is 0 Å². The lowest BCUT2D eigenvalue weighted by Gasteiger charge is -2.08. The third-order valence-corrected chi connectivity index (χ3v) is 2.60. The van der Waals surface area contributed by atoms with E-state index in [0.29, 0.717) is 0 Å². The summed E-state index contributed by atoms with van der Waals surface area (Å²) in [5.74, 6) is 0.897. The number of imidazole rings is 1. The molecule has 0 fully saturated rings. The zero-order chi connectivity index (χ0) is 11.5. The molecule has 0 aliphatic rings. The van der Waals surface area contributed by atoms with Gasteiger partial charge in [0, 0.05) is 25.6 Å². The molecule has 0 saturated carbocycles. The maximum absolute atomic E-state index is 4.39. The number of nitrogens with zero attached hydrogens (tertiary/aromatic N) is 3. The van der Waals surface area contributed by atoms with Crippen LogP contribution in [0.25, 0.3) is 0 Å². The highest BCUT2D eigenvalue weighted by Gasteiger charge is 2.05. The van der Waals surface area contributed by atoms with E-state index in [-0.39, 0.29) is 0 Å². The Hall–Kier alpha value is -1.84. The molecule has 16 heavy (non-hydrogen) atoms. The summed E-state index contributed by atoms with van der Waals surface area (Å²) in [6.07, 6.45) is 5.76. The molecule has 0 aliphatic carbocycles. The van der Waals surface area contributed by atoms with Gasteiger partial charge in [0.2, 0.25) is 5.95 Å². The second-order valence-corrected chi connectivity index (χ2v) is 3.89. The topological polar surface area (TPSA) is 42.7 Å². The van der Waals surface area contributed by atoms with Crippen molar-refractivity contribution in [2.24, 2.45) is 0 Å². The van der Waals surface area contributed by atoms with Crippen LogP contribution in [0, 0.1) is 13.8 Å². The number of hydrogen-bond donors (Lipinski definition) is 1. The summed E-state index contributed by atoms with van der Waals surface area (Å²) in [7, 11) is 1.89. The smallest absolute Gasteiger partial charge is 0.203 e. The van der Waals surface area contributed by atoms with Crippen LogP contribution in [0.4, 0.5) is 5.95 Å². The molecule has 84 valence electrons. The Morgan fingerprint density at radius 1 is 1.38 bits per heavy atom. The van der Waals surface area contributed by atoms with Crippen LogP contribution in [0.2, 0.25) is 0 Å². The lowest BCUT2D eigenvalue weighted by Crippen LogP contribution is -2.05. The minimum Gasteiger partial charge on any atom is -0.359 e. The molecule has 0 saturated heterocycles. The first-order chi connectivity index (χ1) is 7.70. The highest BCUT2D eigenvalue weighted by Crippen LogP contribution is 2.13. The summed E-state index contributed by atoms with van der Waals surface area (Å²) in [4.78, 5) is 8.49. The van der Waals surface area contributed by atoms with E-state index in [1.165, 1.54) is 11.1 Å². The molecule has 2 heterocycles. The molecular formula is C12H16N4. The summed E-state index contributed by atoms with van der Waals surface area (Å²) >= 11 is 0. The molecule has 4 heteroatoms. The average Bonchev–Trinajstić information content (AvgIpc) is 2.62. The Bertz CT molecular complexity index is 488. The van der Waals surface area contributed by atoms with Crippen molar-refractivity contribution >= 4 is 5.95 Å². The molecule has 0 atom stereocenters. The zero-order valence-electron chi connectivity index (χ0n) is 9.86. The van der Waals surface area contributed by atoms with E-state index in [9.17, 15) is 0 Å². The summed E-state index contributed by atoms with van der Waals surface area (Å²) in [5.41, 5.74) is 3.50. The Morgan fingerprint density at radius 3 is 2.88 bits per heavy atom. The number of rotatable bonds is 3. The molecule has 0 amide bonds. The molecule has 2 aromatic heterocycles. The molecular weight excluding hydrogens is 200 g/mol. The molecule has 0 aliphatic heterocycles. The maximum atomic E-state index is 4.39. The van der Waals surface area contributed by atoms with Gasteiger partial charge in [-0.15, -0.1) is 0 Å². The van der Waals surface area contributed by atoms with Gasteiger partial charge in [0.15, 0.2) is 0 Å². The summed E-state index contributed by atoms with van der Waals surface area (Å²) in [5, 5.41) is 3.09. The van der Waals surface area contributed by atoms with Crippen molar-refractivity contribution in [2.45, 2.75) is 20.4 Å². The molecule has 0 unspecified atom stereocenters. The fourth-order valence-electron chi connectivity index (χ4n) is 1.73. The fraction of sp³-hybridized carbons (Fsp3) is 0.333. The molecule has 0 spiro atoms. The van der Waals surface area contributed by atoms with Crippen molar-refractivity contribution in [1.82, 2.24) is 14.5 Å². The standard InChI is InChI=1S/C12H16N4/c1-9-6-14-5-4-11(9)8-16-7-10(2)15-12(16)13-3/h4-7H,8H2,1-3H3,(H,13,15). The van der Waals surface area contributed by atoms with Gasteiger partial charge in [0.05, 0.1) is 12.2 Å². The van der Waals surface area contributed by atoms with Gasteiger partial charge in [-0.25, -0.2) is 4.98 Å². The molecule has 2 rings (SSSR count). The molecule has 1 N–H and O–H groups in total. The van der Waals surface area contributed by atoms with Crippen molar-refractivity contribution in [3.63, 3.8) is 0 Å². The first-order valence-electron chi connectivity index (χ1n) is 5.31. The average molecular weight is 216 g/mol. The zero-order valence-corrected chi connectivity index (χ0v) is 9.86. The van der Waals surface area contributed by atoms with Crippen molar-refractivity contribution in [2.75, 3.05) is 12.4 Å². The first kappa shape index (κ1) is 10.7. The monoisotopic (exact) mass is 216 g/mol. The molecule has 0 bridgehead atoms. The van der Waals surface area contributed by atoms with Gasteiger partial charge in [0.1, 0.15) is 0 Å². The van der Waals surface area contributed by atoms with Gasteiger partial charge in [-0.2, -0.15) is 0 Å². The van der Waals surface area contributed by atoms with Crippen LogP contribution in [-0.4, -0.2) is 21.6 Å². The van der Waals surface area contributed by atoms with Crippen LogP contribution in [0.3, 0.4) is 0 Å². The second kappa shape index (κ2) is 4.35. The third-order valence-electron chi connectivity index (χ3n) is 2.60. The van der Waals surface area contributed by atoms with Crippen molar-refractivity contribution in [3.05, 3.63) is 41.5 Å². The quantitative estimate of drug-likeness (QED) is 0.853. The van der Waals surface area contributed by atoms with Crippen molar-refractivity contribution < 1.29 is 0 Å². The van der Waals surface area contributed by atoms with Gasteiger partial charge < -0.3 is 9.88 Å². The number of anilines is 1. The van der Waals surface area contributed by atoms with E-state index in [1.54, 1.807) is 0 Å². The van der Waals surface area contributed by atoms with Crippen LogP contribution in [0.15, 0.2) is 24.7 Å². The van der Waals surface area contributed by atoms with Crippen LogP contribution in [0.5, 0.6) is 0 Å². The van der Waals surface area contributed by atoms with E-state index in [4.69, 9.17) is 0 Å². The van der Waals surface area contributed by atoms with E-state index in [1.807, 2.05) is 38.6 Å². The van der Waals surface area contributed by atoms with Crippen LogP contribution in [0.1, 0.15) is 16.8 Å². The van der Waals surface area contributed by atoms with Gasteiger partial charge in [-0.3, -0.25) is 4.98 Å². The van der Waals surface area contributed by atoms with E-state index >= 15 is 0 Å². The molecule has 0 radical (unpaired) electrons. The predicted molar refractivity (Wildman–Crippen MR) is 64.6 cm³/mol. The summed E-state index contributed by atoms with van der Waals surface area (Å²) in [6.45, 7) is 4.90. The highest BCUT2D eigenvalue weighted by molar-refractivity contribution is 5.30. The Labute approximate surface area is 95.4 Å². The molecule has 0 aromatic carbocycles. The predicted octanol–water partition coefficient (Wildman–Crippen LogP) is 1.98. The fourth-order valence-corrected chi connectivity index (χ4v) is 1.73. The normalized spacial score (nSPS) is 10.4. The summed E-state index contributed by atoms with van der Waals surface area (Å²) in [6, 6.07) is 2.05. The summed E-state index contributed by atoms with van der Waals surface area (Å²) < 4.78 is 2.11. The second-order valence-electron chi connectivity index (χ2n) is 3.89. The molecule has 2 aromatic rings. The van der Waals surface area contributed by atoms with Crippen LogP contribution in [-0.2, 0) is 6.54 Å². The lowest BCUT2D eigenvalue weighted by molar-refractivity contribution is 0.797. The first-order valence-corrected chi connectivity index (χ1v) is 5.31. The van der Waals surface area contributed by atoms with Gasteiger partial charge in [-0.05, 0) is 31.0 Å². The number of nitrogens with one attached hydrogen (secondary N) is 1. The van der Waals surface area contributed by atoms with Crippen LogP contribution >= 0.6 is 0 Å². The Balaban J connectivity index is 2.30. The largest absolute Gasteiger partial charge is 0.359 e. The van der Waals surface area contributed by atoms with E-state index in [2.05, 4.69) is 26.8 Å². The lowest BCUT2D eigenvalue weighted by atomic mass is 10.1. The molecule has 4 nitrogen and oxygen atoms in total. The minimum absolute atomic E-state index is 0.825. The van der Waals surface area contributed by atoms with Gasteiger partial charge in [-0.1, -0.05) is 0 Å². The highest BCUT2D eigenvalue weighted by atomic mass is 15.2. The maximum Gasteiger partial charge on any atom is 0.203 e. The number of pyridine rings is 1. The van der Waals surface area contributed by atoms with E-state index in [0.717, 1.165) is 18.2 Å². The number of hydrogen-bond acceptors (Lipinski definition) is 3. The van der Waals surface area contributed by atoms with Gasteiger partial charge >= 0.3 is 0 Å². The van der Waals surface area contributed by atoms with Gasteiger partial charge in [0.25, 0.3) is 0 Å². The Kier molecular flexibility index (Phi) is 2.90. The van der Waals surface area contributed by atoms with E-state index < -0.39 is 0 Å².